The molecule has 3 aromatic carbocycles. The van der Waals surface area contributed by atoms with Gasteiger partial charge in [-0.3, -0.25) is 4.57 Å². The first-order valence-electron chi connectivity index (χ1n) is 10.4. The number of aryl methyl sites for hydroxylation is 3. The topological polar surface area (TPSA) is 49.2 Å². The van der Waals surface area contributed by atoms with Crippen molar-refractivity contribution >= 4 is 11.8 Å². The monoisotopic (exact) mass is 445 g/mol. The Labute approximate surface area is 193 Å². The Balaban J connectivity index is 1.81. The predicted octanol–water partition coefficient (Wildman–Crippen LogP) is 6.17. The predicted molar refractivity (Wildman–Crippen MR) is 130 cm³/mol. The molecule has 0 unspecified atom stereocenters. The fraction of sp³-hybridized carbons (Fsp3) is 0.231. The van der Waals surface area contributed by atoms with Gasteiger partial charge in [0.1, 0.15) is 11.5 Å². The fourth-order valence-corrected chi connectivity index (χ4v) is 4.62. The summed E-state index contributed by atoms with van der Waals surface area (Å²) in [4.78, 5) is 0. The number of aromatic nitrogens is 3. The van der Waals surface area contributed by atoms with Gasteiger partial charge in [0.15, 0.2) is 11.0 Å². The number of nitrogens with zero attached hydrogens (tertiary/aromatic N) is 3. The fourth-order valence-electron chi connectivity index (χ4n) is 3.62. The molecule has 1 aromatic heterocycles. The average molecular weight is 446 g/mol. The average Bonchev–Trinajstić information content (AvgIpc) is 3.23. The normalized spacial score (nSPS) is 10.9. The molecular weight excluding hydrogens is 418 g/mol. The first-order chi connectivity index (χ1) is 15.5. The third kappa shape index (κ3) is 4.50. The van der Waals surface area contributed by atoms with Gasteiger partial charge in [-0.1, -0.05) is 53.7 Å². The smallest absolute Gasteiger partial charge is 0.196 e. The van der Waals surface area contributed by atoms with Crippen molar-refractivity contribution < 1.29 is 9.47 Å². The highest BCUT2D eigenvalue weighted by Gasteiger charge is 2.19. The van der Waals surface area contributed by atoms with Gasteiger partial charge in [-0.25, -0.2) is 0 Å². The summed E-state index contributed by atoms with van der Waals surface area (Å²) in [6.07, 6.45) is 0. The second-order valence-electron chi connectivity index (χ2n) is 7.75. The number of benzene rings is 3. The Morgan fingerprint density at radius 2 is 1.53 bits per heavy atom. The van der Waals surface area contributed by atoms with Crippen LogP contribution in [0.2, 0.25) is 0 Å². The number of thioether (sulfide) groups is 1. The molecule has 0 aliphatic carbocycles. The van der Waals surface area contributed by atoms with Crippen LogP contribution in [0.3, 0.4) is 0 Å². The summed E-state index contributed by atoms with van der Waals surface area (Å²) < 4.78 is 13.1. The molecule has 0 radical (unpaired) electrons. The Hall–Kier alpha value is -3.25. The number of hydrogen-bond acceptors (Lipinski definition) is 5. The molecule has 6 heteroatoms. The molecule has 0 N–H and O–H groups in total. The van der Waals surface area contributed by atoms with Gasteiger partial charge in [0.2, 0.25) is 0 Å². The molecule has 0 fully saturated rings. The molecule has 0 spiro atoms. The molecule has 1 heterocycles. The lowest BCUT2D eigenvalue weighted by Gasteiger charge is -2.14. The minimum absolute atomic E-state index is 0.711. The van der Waals surface area contributed by atoms with Gasteiger partial charge in [0.25, 0.3) is 0 Å². The lowest BCUT2D eigenvalue weighted by molar-refractivity contribution is 0.394. The van der Waals surface area contributed by atoms with Gasteiger partial charge in [-0.15, -0.1) is 10.2 Å². The Morgan fingerprint density at radius 1 is 0.812 bits per heavy atom. The van der Waals surface area contributed by atoms with Crippen molar-refractivity contribution in [2.24, 2.45) is 0 Å². The van der Waals surface area contributed by atoms with E-state index in [-0.39, 0.29) is 0 Å². The molecule has 4 rings (SSSR count). The summed E-state index contributed by atoms with van der Waals surface area (Å²) in [5.41, 5.74) is 6.93. The van der Waals surface area contributed by atoms with Crippen molar-refractivity contribution in [2.75, 3.05) is 14.2 Å². The number of ether oxygens (including phenoxy) is 2. The maximum atomic E-state index is 5.48. The van der Waals surface area contributed by atoms with E-state index in [4.69, 9.17) is 9.47 Å². The Kier molecular flexibility index (Phi) is 6.51. The molecule has 0 atom stereocenters. The van der Waals surface area contributed by atoms with Crippen molar-refractivity contribution in [2.45, 2.75) is 31.7 Å². The van der Waals surface area contributed by atoms with Crippen molar-refractivity contribution in [3.05, 3.63) is 82.9 Å². The maximum Gasteiger partial charge on any atom is 0.196 e. The Bertz CT molecular complexity index is 1230. The largest absolute Gasteiger partial charge is 0.497 e. The van der Waals surface area contributed by atoms with Crippen molar-refractivity contribution in [1.82, 2.24) is 14.8 Å². The van der Waals surface area contributed by atoms with E-state index in [0.29, 0.717) is 11.5 Å². The van der Waals surface area contributed by atoms with Crippen molar-refractivity contribution in [1.29, 1.82) is 0 Å². The van der Waals surface area contributed by atoms with Gasteiger partial charge >= 0.3 is 0 Å². The standard InChI is InChI=1S/C26H27N3O2S/c1-17-10-11-18(2)21(12-17)16-32-26-28-27-25(29(26)24-9-7-6-8-19(24)3)20-13-22(30-4)15-23(14-20)31-5/h6-15H,16H2,1-5H3. The highest BCUT2D eigenvalue weighted by molar-refractivity contribution is 7.98. The minimum atomic E-state index is 0.711. The third-order valence-electron chi connectivity index (χ3n) is 5.46. The van der Waals surface area contributed by atoms with Gasteiger partial charge in [0, 0.05) is 17.4 Å². The summed E-state index contributed by atoms with van der Waals surface area (Å²) in [6, 6.07) is 20.6. The zero-order valence-corrected chi connectivity index (χ0v) is 19.9. The summed E-state index contributed by atoms with van der Waals surface area (Å²) in [5.74, 6) is 2.99. The van der Waals surface area contributed by atoms with E-state index in [2.05, 4.69) is 65.9 Å². The molecule has 32 heavy (non-hydrogen) atoms. The van der Waals surface area contributed by atoms with Crippen LogP contribution in [0.25, 0.3) is 17.1 Å². The minimum Gasteiger partial charge on any atom is -0.497 e. The lowest BCUT2D eigenvalue weighted by Crippen LogP contribution is -2.02. The van der Waals surface area contributed by atoms with Crippen LogP contribution in [-0.4, -0.2) is 29.0 Å². The summed E-state index contributed by atoms with van der Waals surface area (Å²) in [5, 5.41) is 10.0. The van der Waals surface area contributed by atoms with Gasteiger partial charge in [-0.05, 0) is 55.7 Å². The quantitative estimate of drug-likeness (QED) is 0.318. The second-order valence-corrected chi connectivity index (χ2v) is 8.69. The first kappa shape index (κ1) is 22.0. The molecule has 0 saturated carbocycles. The summed E-state index contributed by atoms with van der Waals surface area (Å²) in [7, 11) is 3.30. The Morgan fingerprint density at radius 3 is 2.22 bits per heavy atom. The van der Waals surface area contributed by atoms with E-state index < -0.39 is 0 Å². The number of rotatable bonds is 7. The van der Waals surface area contributed by atoms with E-state index >= 15 is 0 Å². The van der Waals surface area contributed by atoms with Crippen LogP contribution >= 0.6 is 11.8 Å². The molecule has 0 aliphatic heterocycles. The zero-order valence-electron chi connectivity index (χ0n) is 19.0. The van der Waals surface area contributed by atoms with Gasteiger partial charge in [0.05, 0.1) is 19.9 Å². The highest BCUT2D eigenvalue weighted by Crippen LogP contribution is 2.34. The van der Waals surface area contributed by atoms with Gasteiger partial charge < -0.3 is 9.47 Å². The number of methoxy groups -OCH3 is 2. The van der Waals surface area contributed by atoms with Crippen LogP contribution < -0.4 is 9.47 Å². The van der Waals surface area contributed by atoms with E-state index in [9.17, 15) is 0 Å². The molecule has 0 bridgehead atoms. The molecule has 5 nitrogen and oxygen atoms in total. The van der Waals surface area contributed by atoms with E-state index in [0.717, 1.165) is 33.5 Å². The molecule has 0 saturated heterocycles. The molecule has 4 aromatic rings. The van der Waals surface area contributed by atoms with Gasteiger partial charge in [-0.2, -0.15) is 0 Å². The van der Waals surface area contributed by atoms with Crippen LogP contribution in [0.5, 0.6) is 11.5 Å². The number of hydrogen-bond donors (Lipinski definition) is 0. The molecule has 0 aliphatic rings. The molecular formula is C26H27N3O2S. The molecule has 164 valence electrons. The van der Waals surface area contributed by atoms with E-state index in [1.807, 2.05) is 30.3 Å². The second kappa shape index (κ2) is 9.49. The van der Waals surface area contributed by atoms with Crippen molar-refractivity contribution in [3.8, 4) is 28.6 Å². The van der Waals surface area contributed by atoms with Crippen LogP contribution in [0.1, 0.15) is 22.3 Å². The molecule has 0 amide bonds. The van der Waals surface area contributed by atoms with Crippen LogP contribution in [0.4, 0.5) is 0 Å². The first-order valence-corrected chi connectivity index (χ1v) is 11.4. The van der Waals surface area contributed by atoms with E-state index in [1.54, 1.807) is 26.0 Å². The van der Waals surface area contributed by atoms with E-state index in [1.165, 1.54) is 16.7 Å². The summed E-state index contributed by atoms with van der Waals surface area (Å²) >= 11 is 1.69. The van der Waals surface area contributed by atoms with Crippen LogP contribution in [-0.2, 0) is 5.75 Å². The SMILES string of the molecule is COc1cc(OC)cc(-c2nnc(SCc3cc(C)ccc3C)n2-c2ccccc2C)c1. The van der Waals surface area contributed by atoms with Crippen LogP contribution in [0.15, 0.2) is 65.8 Å². The zero-order chi connectivity index (χ0) is 22.7. The number of para-hydroxylation sites is 1. The van der Waals surface area contributed by atoms with Crippen LogP contribution in [0, 0.1) is 20.8 Å². The summed E-state index contributed by atoms with van der Waals surface area (Å²) in [6.45, 7) is 6.37. The third-order valence-corrected chi connectivity index (χ3v) is 6.44. The van der Waals surface area contributed by atoms with Crippen molar-refractivity contribution in [3.63, 3.8) is 0 Å². The lowest BCUT2D eigenvalue weighted by atomic mass is 10.1. The maximum absolute atomic E-state index is 5.48. The highest BCUT2D eigenvalue weighted by atomic mass is 32.2.